The van der Waals surface area contributed by atoms with Gasteiger partial charge >= 0.3 is 41.0 Å². The Balaban J connectivity index is -0.000000960. The van der Waals surface area contributed by atoms with Crippen LogP contribution < -0.4 is 0 Å². The molecule has 0 aliphatic carbocycles. The van der Waals surface area contributed by atoms with Crippen molar-refractivity contribution in [2.45, 2.75) is 20.3 Å². The molecule has 0 aromatic heterocycles. The Morgan fingerprint density at radius 3 is 1.77 bits per heavy atom. The van der Waals surface area contributed by atoms with Gasteiger partial charge in [-0.15, -0.1) is 0 Å². The fourth-order valence-corrected chi connectivity index (χ4v) is 1.80. The smallest absolute Gasteiger partial charge is 1.00 e. The SMILES string of the molecule is C=C(C)C(=O)OCC(COC(=O)C(=C)C)C(=O)OCCCS(=O)(=O)O.[H-].[H-].[Mg+2]. The van der Waals surface area contributed by atoms with Crippen molar-refractivity contribution in [1.29, 1.82) is 0 Å². The van der Waals surface area contributed by atoms with Gasteiger partial charge in [0, 0.05) is 11.1 Å². The Kier molecular flexibility index (Phi) is 13.2. The van der Waals surface area contributed by atoms with Crippen LogP contribution in [0.4, 0.5) is 0 Å². The largest absolute Gasteiger partial charge is 2.00 e. The molecule has 0 saturated heterocycles. The molecule has 0 heterocycles. The number of carbonyl (C=O) groups is 3. The molecular formula is C15H24MgO9S. The summed E-state index contributed by atoms with van der Waals surface area (Å²) in [7, 11) is -4.15. The molecule has 11 heteroatoms. The van der Waals surface area contributed by atoms with E-state index in [1.54, 1.807) is 0 Å². The summed E-state index contributed by atoms with van der Waals surface area (Å²) in [5.41, 5.74) is 0.249. The fraction of sp³-hybridized carbons (Fsp3) is 0.533. The molecule has 0 saturated carbocycles. The Bertz CT molecular complexity index is 620. The second kappa shape index (κ2) is 12.8. The van der Waals surface area contributed by atoms with E-state index in [1.165, 1.54) is 13.8 Å². The second-order valence-electron chi connectivity index (χ2n) is 5.26. The molecule has 0 fully saturated rings. The van der Waals surface area contributed by atoms with Crippen LogP contribution in [0.25, 0.3) is 0 Å². The zero-order chi connectivity index (χ0) is 19.6. The van der Waals surface area contributed by atoms with Crippen molar-refractivity contribution >= 4 is 51.1 Å². The van der Waals surface area contributed by atoms with Gasteiger partial charge < -0.3 is 17.1 Å². The number of carbonyl (C=O) groups excluding carboxylic acids is 3. The van der Waals surface area contributed by atoms with Gasteiger partial charge in [-0.05, 0) is 20.3 Å². The molecule has 0 rings (SSSR count). The molecule has 0 bridgehead atoms. The number of ether oxygens (including phenoxy) is 3. The molecule has 0 atom stereocenters. The monoisotopic (exact) mass is 404 g/mol. The summed E-state index contributed by atoms with van der Waals surface area (Å²) in [6, 6.07) is 0. The summed E-state index contributed by atoms with van der Waals surface area (Å²) in [6.07, 6.45) is -0.117. The summed E-state index contributed by atoms with van der Waals surface area (Å²) >= 11 is 0. The van der Waals surface area contributed by atoms with Crippen molar-refractivity contribution in [3.05, 3.63) is 24.3 Å². The van der Waals surface area contributed by atoms with Crippen molar-refractivity contribution in [3.8, 4) is 0 Å². The first-order valence-electron chi connectivity index (χ1n) is 7.21. The molecule has 0 aliphatic heterocycles. The molecule has 0 unspecified atom stereocenters. The van der Waals surface area contributed by atoms with Gasteiger partial charge in [0.2, 0.25) is 0 Å². The third kappa shape index (κ3) is 12.9. The van der Waals surface area contributed by atoms with Crippen LogP contribution in [0.2, 0.25) is 0 Å². The van der Waals surface area contributed by atoms with Crippen LogP contribution in [0.5, 0.6) is 0 Å². The van der Waals surface area contributed by atoms with Gasteiger partial charge in [0.05, 0.1) is 12.4 Å². The molecule has 0 aliphatic rings. The fourth-order valence-electron chi connectivity index (χ4n) is 1.32. The van der Waals surface area contributed by atoms with E-state index in [9.17, 15) is 22.8 Å². The first-order valence-corrected chi connectivity index (χ1v) is 8.82. The van der Waals surface area contributed by atoms with Crippen molar-refractivity contribution in [1.82, 2.24) is 0 Å². The third-order valence-electron chi connectivity index (χ3n) is 2.65. The van der Waals surface area contributed by atoms with Crippen LogP contribution in [-0.2, 0) is 38.7 Å². The van der Waals surface area contributed by atoms with E-state index >= 15 is 0 Å². The van der Waals surface area contributed by atoms with Gasteiger partial charge in [-0.2, -0.15) is 8.42 Å². The average molecular weight is 405 g/mol. The van der Waals surface area contributed by atoms with Crippen LogP contribution in [-0.4, -0.2) is 79.5 Å². The minimum Gasteiger partial charge on any atom is -1.00 e. The quantitative estimate of drug-likeness (QED) is 0.130. The van der Waals surface area contributed by atoms with E-state index in [0.29, 0.717) is 0 Å². The van der Waals surface area contributed by atoms with Crippen LogP contribution >= 0.6 is 0 Å². The van der Waals surface area contributed by atoms with Gasteiger partial charge in [-0.3, -0.25) is 9.35 Å². The van der Waals surface area contributed by atoms with E-state index in [1.807, 2.05) is 0 Å². The Labute approximate surface area is 171 Å². The summed E-state index contributed by atoms with van der Waals surface area (Å²) in [6.45, 7) is 8.53. The van der Waals surface area contributed by atoms with Crippen LogP contribution in [0.3, 0.4) is 0 Å². The van der Waals surface area contributed by atoms with E-state index < -0.39 is 52.9 Å². The zero-order valence-corrected chi connectivity index (χ0v) is 17.1. The number of hydrogen-bond acceptors (Lipinski definition) is 8. The normalized spacial score (nSPS) is 10.5. The first kappa shape index (κ1) is 26.8. The number of rotatable bonds is 11. The molecule has 0 aromatic rings. The number of esters is 3. The van der Waals surface area contributed by atoms with Crippen molar-refractivity contribution in [2.75, 3.05) is 25.6 Å². The van der Waals surface area contributed by atoms with Gasteiger partial charge in [0.15, 0.2) is 0 Å². The molecule has 26 heavy (non-hydrogen) atoms. The maximum absolute atomic E-state index is 12.0. The van der Waals surface area contributed by atoms with E-state index in [0.717, 1.165) is 0 Å². The molecule has 1 N–H and O–H groups in total. The van der Waals surface area contributed by atoms with Crippen LogP contribution in [0.1, 0.15) is 23.1 Å². The molecule has 0 amide bonds. The van der Waals surface area contributed by atoms with Gasteiger partial charge in [-0.25, -0.2) is 9.59 Å². The minimum atomic E-state index is -4.15. The zero-order valence-electron chi connectivity index (χ0n) is 16.9. The summed E-state index contributed by atoms with van der Waals surface area (Å²) in [5.74, 6) is -3.97. The Morgan fingerprint density at radius 1 is 1.00 bits per heavy atom. The second-order valence-corrected chi connectivity index (χ2v) is 6.83. The van der Waals surface area contributed by atoms with E-state index in [4.69, 9.17) is 18.8 Å². The van der Waals surface area contributed by atoms with Gasteiger partial charge in [-0.1, -0.05) is 13.2 Å². The molecule has 0 spiro atoms. The molecule has 0 aromatic carbocycles. The van der Waals surface area contributed by atoms with Gasteiger partial charge in [0.25, 0.3) is 10.1 Å². The topological polar surface area (TPSA) is 133 Å². The van der Waals surface area contributed by atoms with E-state index in [2.05, 4.69) is 13.2 Å². The molecule has 0 radical (unpaired) electrons. The van der Waals surface area contributed by atoms with Gasteiger partial charge in [0.1, 0.15) is 19.1 Å². The van der Waals surface area contributed by atoms with Crippen LogP contribution in [0.15, 0.2) is 24.3 Å². The minimum absolute atomic E-state index is 0. The standard InChI is InChI=1S/C15H22O9S.Mg.2H/c1-10(2)13(16)23-8-12(9-24-14(17)11(3)4)15(18)22-6-5-7-25(19,20)21;;;/h12H,1,3,5-9H2,2,4H3,(H,19,20,21);;;/q;+2;2*-1. The van der Waals surface area contributed by atoms with E-state index in [-0.39, 0.29) is 50.1 Å². The van der Waals surface area contributed by atoms with Crippen LogP contribution in [0, 0.1) is 5.92 Å². The third-order valence-corrected chi connectivity index (χ3v) is 3.46. The maximum Gasteiger partial charge on any atom is 2.00 e. The maximum atomic E-state index is 12.0. The summed E-state index contributed by atoms with van der Waals surface area (Å²) in [4.78, 5) is 34.8. The predicted octanol–water partition coefficient (Wildman–Crippen LogP) is 0.507. The van der Waals surface area contributed by atoms with Crippen molar-refractivity contribution in [3.63, 3.8) is 0 Å². The Morgan fingerprint density at radius 2 is 1.42 bits per heavy atom. The summed E-state index contributed by atoms with van der Waals surface area (Å²) < 4.78 is 44.3. The first-order chi connectivity index (χ1) is 11.4. The molecular weight excluding hydrogens is 381 g/mol. The average Bonchev–Trinajstić information content (AvgIpc) is 2.49. The molecule has 146 valence electrons. The summed E-state index contributed by atoms with van der Waals surface area (Å²) in [5, 5.41) is 0. The molecule has 9 nitrogen and oxygen atoms in total. The number of hydrogen-bond donors (Lipinski definition) is 1. The van der Waals surface area contributed by atoms with Crippen molar-refractivity contribution in [2.24, 2.45) is 5.92 Å². The Hall–Kier alpha value is -1.43. The predicted molar refractivity (Wildman–Crippen MR) is 95.0 cm³/mol. The van der Waals surface area contributed by atoms with Crippen molar-refractivity contribution < 1.29 is 44.4 Å².